The van der Waals surface area contributed by atoms with E-state index >= 15 is 0 Å². The molecule has 0 unspecified atom stereocenters. The molecule has 0 fully saturated rings. The molecule has 9 rings (SSSR count). The minimum absolute atomic E-state index is 0.600. The van der Waals surface area contributed by atoms with Gasteiger partial charge in [0.2, 0.25) is 0 Å². The summed E-state index contributed by atoms with van der Waals surface area (Å²) in [7, 11) is 0. The Labute approximate surface area is 259 Å². The summed E-state index contributed by atoms with van der Waals surface area (Å²) < 4.78 is 1.26. The van der Waals surface area contributed by atoms with E-state index in [0.29, 0.717) is 40.2 Å². The van der Waals surface area contributed by atoms with Crippen LogP contribution in [0.4, 0.5) is 0 Å². The van der Waals surface area contributed by atoms with E-state index in [1.54, 1.807) is 0 Å². The van der Waals surface area contributed by atoms with Crippen molar-refractivity contribution in [3.05, 3.63) is 91.0 Å². The fraction of sp³-hybridized carbons (Fsp3) is 0.111. The van der Waals surface area contributed by atoms with E-state index in [2.05, 4.69) is 63.6 Å². The van der Waals surface area contributed by atoms with Crippen LogP contribution in [-0.2, 0) is 11.8 Å². The molecule has 0 saturated heterocycles. The van der Waals surface area contributed by atoms with E-state index < -0.39 is 11.8 Å². The molecule has 0 atom stereocenters. The number of benzene rings is 4. The molecule has 2 aliphatic heterocycles. The van der Waals surface area contributed by atoms with Gasteiger partial charge in [0.25, 0.3) is 0 Å². The second-order valence-corrected chi connectivity index (χ2v) is 20.3. The second-order valence-electron chi connectivity index (χ2n) is 12.3. The molecule has 0 aliphatic carbocycles. The predicted molar refractivity (Wildman–Crippen MR) is 179 cm³/mol. The van der Waals surface area contributed by atoms with Crippen LogP contribution in [0.25, 0.3) is 89.7 Å². The third-order valence-corrected chi connectivity index (χ3v) is 10.6. The Morgan fingerprint density at radius 2 is 0.778 bits per heavy atom. The zero-order valence-electron chi connectivity index (χ0n) is 25.1. The summed E-state index contributed by atoms with van der Waals surface area (Å²) >= 11 is -1.92. The van der Waals surface area contributed by atoms with Gasteiger partial charge in [-0.3, -0.25) is 0 Å². The number of nitrogens with zero attached hydrogens (tertiary/aromatic N) is 6. The molecule has 7 aromatic rings. The molecule has 0 saturated carbocycles. The quantitative estimate of drug-likeness (QED) is 0.175. The van der Waals surface area contributed by atoms with E-state index in [9.17, 15) is 0 Å². The number of nitrogens with one attached hydrogen (secondary N) is 2. The second kappa shape index (κ2) is 8.91. The molecule has 0 spiro atoms. The fourth-order valence-corrected chi connectivity index (χ4v) is 8.02. The third kappa shape index (κ3) is 4.05. The van der Waals surface area contributed by atoms with Gasteiger partial charge in [0, 0.05) is 0 Å². The summed E-state index contributed by atoms with van der Waals surface area (Å²) in [5.74, 6) is 11.8. The van der Waals surface area contributed by atoms with Crippen molar-refractivity contribution in [2.75, 3.05) is 0 Å². The van der Waals surface area contributed by atoms with E-state index in [-0.39, 0.29) is 0 Å². The molecular formula is C36H29CuN8. The molecule has 45 heavy (non-hydrogen) atoms. The maximum absolute atomic E-state index is 5.24. The maximum atomic E-state index is 5.24. The standard InChI is InChI=1S/C32H17N8.4CH3.Cu/c1-2-10-18-17(9-1)25-33-26(18)38-28-21-13-5-6-14-22(21)30(35-28)40-32-24-16-8-7-15-23(24)31(36-32)39-29-20-12-4-3-11-19(20)27(34-29)37-25;;;;;/h1-15H,(H2,33,34,35,36,37,38,39,40);4*1H3;. The van der Waals surface area contributed by atoms with Crippen molar-refractivity contribution in [3.63, 3.8) is 0 Å². The Hall–Kier alpha value is -5.24. The Kier molecular flexibility index (Phi) is 5.18. The van der Waals surface area contributed by atoms with Gasteiger partial charge in [-0.15, -0.1) is 0 Å². The van der Waals surface area contributed by atoms with Crippen LogP contribution in [0.5, 0.6) is 0 Å². The number of H-pyrrole nitrogens is 2. The summed E-state index contributed by atoms with van der Waals surface area (Å²) in [6.45, 7) is 0. The van der Waals surface area contributed by atoms with Crippen LogP contribution in [0.2, 0.25) is 23.3 Å². The topological polar surface area (TPSA) is 109 Å². The van der Waals surface area contributed by atoms with Crippen LogP contribution in [0.15, 0.2) is 91.0 Å². The van der Waals surface area contributed by atoms with Crippen LogP contribution >= 0.6 is 0 Å². The normalized spacial score (nSPS) is 13.4. The number of hydrogen-bond acceptors (Lipinski definition) is 6. The van der Waals surface area contributed by atoms with Crippen molar-refractivity contribution >= 4 is 48.6 Å². The summed E-state index contributed by atoms with van der Waals surface area (Å²) in [5, 5.41) is 3.97. The van der Waals surface area contributed by atoms with Crippen LogP contribution < -0.4 is 4.46 Å². The average Bonchev–Trinajstić information content (AvgIpc) is 3.76. The van der Waals surface area contributed by atoms with Gasteiger partial charge in [-0.05, 0) is 0 Å². The molecule has 8 nitrogen and oxygen atoms in total. The summed E-state index contributed by atoms with van der Waals surface area (Å²) in [6.07, 6.45) is 0. The number of rotatable bonds is 1. The van der Waals surface area contributed by atoms with E-state index in [0.717, 1.165) is 49.4 Å². The first-order valence-corrected chi connectivity index (χ1v) is 18.5. The van der Waals surface area contributed by atoms with Gasteiger partial charge in [0.1, 0.15) is 0 Å². The molecule has 224 valence electrons. The van der Waals surface area contributed by atoms with Crippen LogP contribution in [-0.4, -0.2) is 39.9 Å². The molecule has 2 N–H and O–H groups in total. The molecule has 2 aliphatic rings. The molecule has 0 radical (unpaired) electrons. The molecule has 5 heterocycles. The third-order valence-electron chi connectivity index (χ3n) is 8.15. The molecule has 0 amide bonds. The van der Waals surface area contributed by atoms with Crippen molar-refractivity contribution in [1.82, 2.24) is 39.9 Å². The van der Waals surface area contributed by atoms with E-state index in [1.165, 1.54) is 4.46 Å². The molecule has 3 aromatic heterocycles. The van der Waals surface area contributed by atoms with Gasteiger partial charge in [0.05, 0.1) is 0 Å². The Morgan fingerprint density at radius 1 is 0.400 bits per heavy atom. The Balaban J connectivity index is 1.52. The predicted octanol–water partition coefficient (Wildman–Crippen LogP) is 8.38. The Morgan fingerprint density at radius 3 is 1.24 bits per heavy atom. The first kappa shape index (κ1) is 26.2. The van der Waals surface area contributed by atoms with E-state index in [1.807, 2.05) is 60.7 Å². The van der Waals surface area contributed by atoms with Crippen molar-refractivity contribution < 1.29 is 11.8 Å². The monoisotopic (exact) mass is 636 g/mol. The molecule has 4 aromatic carbocycles. The average molecular weight is 637 g/mol. The van der Waals surface area contributed by atoms with Crippen molar-refractivity contribution in [2.45, 2.75) is 23.3 Å². The number of aromatic amines is 2. The first-order valence-electron chi connectivity index (χ1n) is 14.3. The molecule has 9 heteroatoms. The zero-order valence-corrected chi connectivity index (χ0v) is 26.1. The van der Waals surface area contributed by atoms with Crippen molar-refractivity contribution in [2.24, 2.45) is 0 Å². The van der Waals surface area contributed by atoms with Crippen molar-refractivity contribution in [1.29, 1.82) is 0 Å². The summed E-state index contributed by atoms with van der Waals surface area (Å²) in [6, 6.07) is 30.8. The number of aromatic nitrogens is 8. The van der Waals surface area contributed by atoms with Gasteiger partial charge in [-0.2, -0.15) is 0 Å². The minimum atomic E-state index is -1.92. The summed E-state index contributed by atoms with van der Waals surface area (Å²) in [5.41, 5.74) is 6.53. The van der Waals surface area contributed by atoms with Gasteiger partial charge >= 0.3 is 254 Å². The van der Waals surface area contributed by atoms with E-state index in [4.69, 9.17) is 29.9 Å². The van der Waals surface area contributed by atoms with Crippen LogP contribution in [0.3, 0.4) is 0 Å². The van der Waals surface area contributed by atoms with Crippen molar-refractivity contribution in [3.8, 4) is 45.6 Å². The van der Waals surface area contributed by atoms with Gasteiger partial charge < -0.3 is 0 Å². The SMILES string of the molecule is [CH3][Cu]([CH3])([CH3])([CH3])[c]1cccc2c3nc4nc(nc5[nH]c(nc6nc(nc([nH]3)c12)-c1ccccc1-6)c1ccccc51)-c1ccccc1-4. The Bertz CT molecular complexity index is 2560. The zero-order chi connectivity index (χ0) is 30.5. The van der Waals surface area contributed by atoms with Crippen LogP contribution in [0, 0.1) is 0 Å². The molecular weight excluding hydrogens is 608 g/mol. The van der Waals surface area contributed by atoms with Gasteiger partial charge in [-0.25, -0.2) is 0 Å². The molecule has 8 bridgehead atoms. The number of fused-ring (bicyclic) bond motifs is 20. The number of hydrogen-bond donors (Lipinski definition) is 2. The van der Waals surface area contributed by atoms with Crippen LogP contribution in [0.1, 0.15) is 0 Å². The van der Waals surface area contributed by atoms with Gasteiger partial charge in [-0.1, -0.05) is 6.07 Å². The first-order chi connectivity index (χ1) is 21.7. The van der Waals surface area contributed by atoms with Gasteiger partial charge in [0.15, 0.2) is 0 Å². The summed E-state index contributed by atoms with van der Waals surface area (Å²) in [4.78, 5) is 37.7. The fourth-order valence-electron chi connectivity index (χ4n) is 6.12.